The van der Waals surface area contributed by atoms with Crippen molar-refractivity contribution in [1.82, 2.24) is 4.98 Å². The number of hydrogen-bond donors (Lipinski definition) is 3. The lowest BCUT2D eigenvalue weighted by molar-refractivity contribution is -0.110. The molecule has 3 N–H and O–H groups in total. The van der Waals surface area contributed by atoms with Gasteiger partial charge in [-0.2, -0.15) is 0 Å². The second-order valence-electron chi connectivity index (χ2n) is 6.71. The van der Waals surface area contributed by atoms with Crippen molar-refractivity contribution in [3.63, 3.8) is 0 Å². The van der Waals surface area contributed by atoms with Crippen molar-refractivity contribution >= 4 is 23.2 Å². The average molecular weight is 360 g/mol. The number of ether oxygens (including phenoxy) is 1. The molecule has 1 aliphatic heterocycles. The fourth-order valence-corrected chi connectivity index (χ4v) is 3.42. The number of rotatable bonds is 3. The highest BCUT2D eigenvalue weighted by Crippen LogP contribution is 2.38. The summed E-state index contributed by atoms with van der Waals surface area (Å²) in [6, 6.07) is 13.1. The zero-order chi connectivity index (χ0) is 19.1. The average Bonchev–Trinajstić information content (AvgIpc) is 3.13. The topological polar surface area (TPSA) is 74.3 Å². The Balaban J connectivity index is 1.75. The van der Waals surface area contributed by atoms with Gasteiger partial charge in [-0.05, 0) is 60.9 Å². The number of H-pyrrole nitrogens is 1. The Hall–Kier alpha value is -3.47. The van der Waals surface area contributed by atoms with E-state index >= 15 is 0 Å². The normalized spacial score (nSPS) is 14.3. The van der Waals surface area contributed by atoms with Crippen LogP contribution in [0, 0.1) is 13.8 Å². The first-order valence-corrected chi connectivity index (χ1v) is 8.67. The van der Waals surface area contributed by atoms with Gasteiger partial charge in [0, 0.05) is 22.6 Å². The number of carbonyl (C=O) groups is 1. The number of phenols is 1. The van der Waals surface area contributed by atoms with E-state index in [1.165, 1.54) is 7.11 Å². The Labute approximate surface area is 157 Å². The number of aryl methyl sites for hydroxylation is 2. The predicted molar refractivity (Wildman–Crippen MR) is 107 cm³/mol. The van der Waals surface area contributed by atoms with Crippen molar-refractivity contribution in [3.8, 4) is 22.6 Å². The van der Waals surface area contributed by atoms with Gasteiger partial charge in [0.25, 0.3) is 5.91 Å². The molecule has 0 fully saturated rings. The Morgan fingerprint density at radius 2 is 1.78 bits per heavy atom. The highest BCUT2D eigenvalue weighted by atomic mass is 16.5. The lowest BCUT2D eigenvalue weighted by Gasteiger charge is -2.08. The molecule has 0 atom stereocenters. The van der Waals surface area contributed by atoms with Gasteiger partial charge in [-0.1, -0.05) is 18.2 Å². The summed E-state index contributed by atoms with van der Waals surface area (Å²) in [7, 11) is 1.52. The summed E-state index contributed by atoms with van der Waals surface area (Å²) in [5, 5.41) is 12.7. The van der Waals surface area contributed by atoms with Crippen molar-refractivity contribution in [3.05, 3.63) is 65.0 Å². The highest BCUT2D eigenvalue weighted by Gasteiger charge is 2.25. The lowest BCUT2D eigenvalue weighted by Crippen LogP contribution is -2.03. The summed E-state index contributed by atoms with van der Waals surface area (Å²) < 4.78 is 5.18. The first-order chi connectivity index (χ1) is 13.0. The smallest absolute Gasteiger partial charge is 0.256 e. The number of methoxy groups -OCH3 is 1. The Kier molecular flexibility index (Phi) is 4.00. The van der Waals surface area contributed by atoms with E-state index < -0.39 is 0 Å². The third-order valence-corrected chi connectivity index (χ3v) is 4.79. The molecule has 27 heavy (non-hydrogen) atoms. The van der Waals surface area contributed by atoms with E-state index in [-0.39, 0.29) is 11.7 Å². The minimum atomic E-state index is -0.114. The summed E-state index contributed by atoms with van der Waals surface area (Å²) in [6.07, 6.45) is 1.90. The Bertz CT molecular complexity index is 1090. The molecule has 1 aliphatic rings. The molecule has 0 spiro atoms. The molecule has 1 aromatic heterocycles. The van der Waals surface area contributed by atoms with Crippen LogP contribution in [0.5, 0.6) is 11.5 Å². The van der Waals surface area contributed by atoms with E-state index in [0.717, 1.165) is 39.3 Å². The molecule has 0 aliphatic carbocycles. The van der Waals surface area contributed by atoms with Crippen LogP contribution in [0.1, 0.15) is 22.5 Å². The van der Waals surface area contributed by atoms with Gasteiger partial charge in [0.1, 0.15) is 0 Å². The minimum Gasteiger partial charge on any atom is -0.504 e. The van der Waals surface area contributed by atoms with Crippen LogP contribution in [0.4, 0.5) is 5.69 Å². The number of benzene rings is 2. The van der Waals surface area contributed by atoms with E-state index in [4.69, 9.17) is 4.74 Å². The molecule has 0 bridgehead atoms. The second-order valence-corrected chi connectivity index (χ2v) is 6.71. The van der Waals surface area contributed by atoms with Crippen molar-refractivity contribution in [2.45, 2.75) is 13.8 Å². The van der Waals surface area contributed by atoms with Crippen molar-refractivity contribution < 1.29 is 14.6 Å². The quantitative estimate of drug-likeness (QED) is 0.602. The number of aromatic nitrogens is 1. The molecular weight excluding hydrogens is 340 g/mol. The van der Waals surface area contributed by atoms with Gasteiger partial charge in [0.15, 0.2) is 11.5 Å². The molecule has 0 saturated carbocycles. The number of hydrogen-bond acceptors (Lipinski definition) is 3. The maximum atomic E-state index is 12.5. The van der Waals surface area contributed by atoms with Gasteiger partial charge in [-0.3, -0.25) is 4.79 Å². The third kappa shape index (κ3) is 2.97. The van der Waals surface area contributed by atoms with Crippen molar-refractivity contribution in [2.24, 2.45) is 0 Å². The molecular formula is C22H20N2O3. The SMILES string of the molecule is COc1cc(-c2ccc3c(c2)NC(=O)/C3=C\c2[nH]c(C)cc2C)ccc1O. The number of anilines is 1. The fourth-order valence-electron chi connectivity index (χ4n) is 3.42. The number of carbonyl (C=O) groups excluding carboxylic acids is 1. The largest absolute Gasteiger partial charge is 0.504 e. The van der Waals surface area contributed by atoms with Crippen LogP contribution in [-0.2, 0) is 4.79 Å². The number of aromatic amines is 1. The molecule has 5 nitrogen and oxygen atoms in total. The fraction of sp³-hybridized carbons (Fsp3) is 0.136. The molecule has 0 saturated heterocycles. The van der Waals surface area contributed by atoms with Crippen molar-refractivity contribution in [2.75, 3.05) is 12.4 Å². The predicted octanol–water partition coefficient (Wildman–Crippen LogP) is 4.51. The summed E-state index contributed by atoms with van der Waals surface area (Å²) in [5.41, 5.74) is 7.24. The molecule has 2 heterocycles. The van der Waals surface area contributed by atoms with Crippen LogP contribution >= 0.6 is 0 Å². The van der Waals surface area contributed by atoms with Gasteiger partial charge in [-0.25, -0.2) is 0 Å². The molecule has 4 rings (SSSR count). The minimum absolute atomic E-state index is 0.0949. The van der Waals surface area contributed by atoms with Crippen LogP contribution in [0.25, 0.3) is 22.8 Å². The standard InChI is InChI=1S/C22H20N2O3/c1-12-8-13(2)23-18(12)11-17-16-6-4-14(9-19(16)24-22(17)26)15-5-7-20(25)21(10-15)27-3/h4-11,23,25H,1-3H3,(H,24,26)/b17-11-. The van der Waals surface area contributed by atoms with Gasteiger partial charge < -0.3 is 20.1 Å². The van der Waals surface area contributed by atoms with Crippen LogP contribution in [0.2, 0.25) is 0 Å². The number of fused-ring (bicyclic) bond motifs is 1. The molecule has 3 aromatic rings. The third-order valence-electron chi connectivity index (χ3n) is 4.79. The Morgan fingerprint density at radius 1 is 1.04 bits per heavy atom. The summed E-state index contributed by atoms with van der Waals surface area (Å²) in [5.74, 6) is 0.393. The number of phenolic OH excluding ortho intramolecular Hbond substituents is 1. The maximum Gasteiger partial charge on any atom is 0.256 e. The zero-order valence-corrected chi connectivity index (χ0v) is 15.4. The van der Waals surface area contributed by atoms with E-state index in [2.05, 4.69) is 16.4 Å². The highest BCUT2D eigenvalue weighted by molar-refractivity contribution is 6.35. The molecule has 136 valence electrons. The van der Waals surface area contributed by atoms with E-state index in [1.54, 1.807) is 12.1 Å². The number of nitrogens with one attached hydrogen (secondary N) is 2. The first kappa shape index (κ1) is 17.0. The molecule has 2 aromatic carbocycles. The van der Waals surface area contributed by atoms with E-state index in [0.29, 0.717) is 11.3 Å². The summed E-state index contributed by atoms with van der Waals surface area (Å²) in [6.45, 7) is 4.01. The van der Waals surface area contributed by atoms with Crippen LogP contribution in [0.15, 0.2) is 42.5 Å². The Morgan fingerprint density at radius 3 is 2.48 bits per heavy atom. The first-order valence-electron chi connectivity index (χ1n) is 8.67. The molecule has 1 amide bonds. The van der Waals surface area contributed by atoms with Crippen molar-refractivity contribution in [1.29, 1.82) is 0 Å². The summed E-state index contributed by atoms with van der Waals surface area (Å²) >= 11 is 0. The zero-order valence-electron chi connectivity index (χ0n) is 15.4. The van der Waals surface area contributed by atoms with Crippen LogP contribution in [0.3, 0.4) is 0 Å². The number of aromatic hydroxyl groups is 1. The van der Waals surface area contributed by atoms with Crippen LogP contribution in [-0.4, -0.2) is 23.1 Å². The van der Waals surface area contributed by atoms with E-state index in [9.17, 15) is 9.90 Å². The monoisotopic (exact) mass is 360 g/mol. The molecule has 0 radical (unpaired) electrons. The van der Waals surface area contributed by atoms with Gasteiger partial charge in [-0.15, -0.1) is 0 Å². The molecule has 5 heteroatoms. The molecule has 0 unspecified atom stereocenters. The van der Waals surface area contributed by atoms with Gasteiger partial charge in [0.05, 0.1) is 12.7 Å². The van der Waals surface area contributed by atoms with Crippen LogP contribution < -0.4 is 10.1 Å². The van der Waals surface area contributed by atoms with Gasteiger partial charge >= 0.3 is 0 Å². The van der Waals surface area contributed by atoms with E-state index in [1.807, 2.05) is 44.2 Å². The van der Waals surface area contributed by atoms with Gasteiger partial charge in [0.2, 0.25) is 0 Å². The number of amides is 1. The summed E-state index contributed by atoms with van der Waals surface area (Å²) in [4.78, 5) is 15.8. The maximum absolute atomic E-state index is 12.5. The lowest BCUT2D eigenvalue weighted by atomic mass is 9.99. The second kappa shape index (κ2) is 6.36.